The molecule has 1 aliphatic heterocycles. The quantitative estimate of drug-likeness (QED) is 0.685. The van der Waals surface area contributed by atoms with Gasteiger partial charge in [-0.2, -0.15) is 0 Å². The molecule has 0 aromatic heterocycles. The highest BCUT2D eigenvalue weighted by atomic mass is 16.8. The molecule has 0 aliphatic carbocycles. The van der Waals surface area contributed by atoms with Crippen LogP contribution in [-0.2, 0) is 19.0 Å². The maximum Gasteiger partial charge on any atom is 0.508 e. The van der Waals surface area contributed by atoms with Crippen LogP contribution in [0.4, 0.5) is 4.79 Å². The normalized spacial score (nSPS) is 22.3. The third kappa shape index (κ3) is 3.89. The predicted molar refractivity (Wildman–Crippen MR) is 65.0 cm³/mol. The summed E-state index contributed by atoms with van der Waals surface area (Å²) >= 11 is 0. The van der Waals surface area contributed by atoms with Crippen molar-refractivity contribution < 1.29 is 23.8 Å². The Balaban J connectivity index is 2.44. The summed E-state index contributed by atoms with van der Waals surface area (Å²) in [4.78, 5) is 22.8. The molecule has 5 nitrogen and oxygen atoms in total. The smallest absolute Gasteiger partial charge is 0.461 e. The number of esters is 1. The zero-order valence-corrected chi connectivity index (χ0v) is 11.5. The number of ether oxygens (including phenoxy) is 3. The average Bonchev–Trinajstić information content (AvgIpc) is 2.71. The van der Waals surface area contributed by atoms with E-state index in [0.29, 0.717) is 5.92 Å². The fraction of sp³-hybridized carbons (Fsp3) is 0.846. The summed E-state index contributed by atoms with van der Waals surface area (Å²) in [6.07, 6.45) is 0.340. The topological polar surface area (TPSA) is 61.8 Å². The van der Waals surface area contributed by atoms with Crippen molar-refractivity contribution in [2.24, 2.45) is 11.3 Å². The molecule has 0 bridgehead atoms. The van der Waals surface area contributed by atoms with E-state index in [1.807, 2.05) is 13.8 Å². The van der Waals surface area contributed by atoms with Gasteiger partial charge in [-0.3, -0.25) is 4.79 Å². The number of carbonyl (C=O) groups is 2. The van der Waals surface area contributed by atoms with Crippen LogP contribution in [0.2, 0.25) is 0 Å². The van der Waals surface area contributed by atoms with Crippen molar-refractivity contribution in [3.63, 3.8) is 0 Å². The molecule has 1 rings (SSSR count). The Kier molecular flexibility index (Phi) is 4.99. The van der Waals surface area contributed by atoms with E-state index in [9.17, 15) is 9.59 Å². The first-order valence-electron chi connectivity index (χ1n) is 6.38. The zero-order valence-electron chi connectivity index (χ0n) is 11.5. The van der Waals surface area contributed by atoms with Crippen molar-refractivity contribution >= 4 is 12.1 Å². The Bertz CT molecular complexity index is 313. The highest BCUT2D eigenvalue weighted by Crippen LogP contribution is 2.31. The number of carbonyl (C=O) groups excluding carboxylic acids is 2. The lowest BCUT2D eigenvalue weighted by Crippen LogP contribution is -2.33. The summed E-state index contributed by atoms with van der Waals surface area (Å²) in [6.45, 7) is 8.26. The van der Waals surface area contributed by atoms with Crippen molar-refractivity contribution in [2.75, 3.05) is 13.2 Å². The fourth-order valence-electron chi connectivity index (χ4n) is 2.06. The monoisotopic (exact) mass is 258 g/mol. The second-order valence-corrected chi connectivity index (χ2v) is 5.41. The van der Waals surface area contributed by atoms with Crippen molar-refractivity contribution in [3.8, 4) is 0 Å². The SMILES string of the molecule is CCC(C)(CC(C)C)C(=O)OCC1COC(=O)O1. The Morgan fingerprint density at radius 3 is 2.67 bits per heavy atom. The molecule has 0 saturated carbocycles. The van der Waals surface area contributed by atoms with Crippen LogP contribution in [0.5, 0.6) is 0 Å². The van der Waals surface area contributed by atoms with Gasteiger partial charge in [0.15, 0.2) is 6.10 Å². The third-order valence-electron chi connectivity index (χ3n) is 3.18. The van der Waals surface area contributed by atoms with E-state index in [0.717, 1.165) is 12.8 Å². The second kappa shape index (κ2) is 6.07. The Hall–Kier alpha value is -1.26. The van der Waals surface area contributed by atoms with Crippen LogP contribution in [0.25, 0.3) is 0 Å². The molecule has 2 atom stereocenters. The van der Waals surface area contributed by atoms with Crippen LogP contribution < -0.4 is 0 Å². The minimum Gasteiger partial charge on any atom is -0.461 e. The lowest BCUT2D eigenvalue weighted by Gasteiger charge is -2.28. The summed E-state index contributed by atoms with van der Waals surface area (Å²) in [6, 6.07) is 0. The first kappa shape index (κ1) is 14.8. The molecule has 0 aromatic rings. The molecule has 0 radical (unpaired) electrons. The van der Waals surface area contributed by atoms with Crippen LogP contribution in [0.3, 0.4) is 0 Å². The molecular formula is C13H22O5. The highest BCUT2D eigenvalue weighted by Gasteiger charge is 2.35. The van der Waals surface area contributed by atoms with Gasteiger partial charge >= 0.3 is 12.1 Å². The highest BCUT2D eigenvalue weighted by molar-refractivity contribution is 5.76. The molecule has 1 aliphatic rings. The molecule has 0 amide bonds. The molecule has 18 heavy (non-hydrogen) atoms. The Labute approximate surface area is 108 Å². The maximum atomic E-state index is 12.1. The third-order valence-corrected chi connectivity index (χ3v) is 3.18. The van der Waals surface area contributed by atoms with Gasteiger partial charge in [-0.15, -0.1) is 0 Å². The van der Waals surface area contributed by atoms with Gasteiger partial charge in [0, 0.05) is 0 Å². The average molecular weight is 258 g/mol. The molecular weight excluding hydrogens is 236 g/mol. The van der Waals surface area contributed by atoms with Crippen molar-refractivity contribution in [2.45, 2.75) is 46.6 Å². The number of cyclic esters (lactones) is 2. The van der Waals surface area contributed by atoms with Gasteiger partial charge in [-0.05, 0) is 25.7 Å². The van der Waals surface area contributed by atoms with Gasteiger partial charge in [0.25, 0.3) is 0 Å². The van der Waals surface area contributed by atoms with E-state index in [1.165, 1.54) is 0 Å². The van der Waals surface area contributed by atoms with E-state index in [4.69, 9.17) is 9.47 Å². The van der Waals surface area contributed by atoms with E-state index < -0.39 is 17.7 Å². The standard InChI is InChI=1S/C13H22O5/c1-5-13(4,6-9(2)3)11(14)16-7-10-8-17-12(15)18-10/h9-10H,5-8H2,1-4H3. The lowest BCUT2D eigenvalue weighted by atomic mass is 9.80. The molecule has 0 spiro atoms. The van der Waals surface area contributed by atoms with Crippen LogP contribution in [-0.4, -0.2) is 31.4 Å². The molecule has 2 unspecified atom stereocenters. The molecule has 0 N–H and O–H groups in total. The van der Waals surface area contributed by atoms with E-state index >= 15 is 0 Å². The Morgan fingerprint density at radius 1 is 1.56 bits per heavy atom. The van der Waals surface area contributed by atoms with Crippen LogP contribution in [0.1, 0.15) is 40.5 Å². The van der Waals surface area contributed by atoms with Crippen molar-refractivity contribution in [3.05, 3.63) is 0 Å². The van der Waals surface area contributed by atoms with Crippen molar-refractivity contribution in [1.29, 1.82) is 0 Å². The van der Waals surface area contributed by atoms with Gasteiger partial charge in [-0.25, -0.2) is 4.79 Å². The molecule has 104 valence electrons. The molecule has 1 saturated heterocycles. The van der Waals surface area contributed by atoms with Gasteiger partial charge in [0.1, 0.15) is 13.2 Å². The molecule has 1 fully saturated rings. The summed E-state index contributed by atoms with van der Waals surface area (Å²) < 4.78 is 14.7. The van der Waals surface area contributed by atoms with E-state index in [1.54, 1.807) is 0 Å². The summed E-state index contributed by atoms with van der Waals surface area (Å²) in [7, 11) is 0. The number of hydrogen-bond acceptors (Lipinski definition) is 5. The molecule has 0 aromatic carbocycles. The number of hydrogen-bond donors (Lipinski definition) is 0. The van der Waals surface area contributed by atoms with E-state index in [2.05, 4.69) is 18.6 Å². The largest absolute Gasteiger partial charge is 0.508 e. The molecule has 5 heteroatoms. The summed E-state index contributed by atoms with van der Waals surface area (Å²) in [5.41, 5.74) is -0.475. The zero-order chi connectivity index (χ0) is 13.8. The van der Waals surface area contributed by atoms with Crippen LogP contribution in [0.15, 0.2) is 0 Å². The number of rotatable bonds is 6. The Morgan fingerprint density at radius 2 is 2.22 bits per heavy atom. The first-order valence-corrected chi connectivity index (χ1v) is 6.38. The minimum absolute atomic E-state index is 0.0677. The van der Waals surface area contributed by atoms with Gasteiger partial charge in [0.05, 0.1) is 5.41 Å². The van der Waals surface area contributed by atoms with Gasteiger partial charge in [-0.1, -0.05) is 20.8 Å². The van der Waals surface area contributed by atoms with E-state index in [-0.39, 0.29) is 19.2 Å². The van der Waals surface area contributed by atoms with Crippen molar-refractivity contribution in [1.82, 2.24) is 0 Å². The molecule has 1 heterocycles. The van der Waals surface area contributed by atoms with Gasteiger partial charge < -0.3 is 14.2 Å². The van der Waals surface area contributed by atoms with Crippen LogP contribution in [0, 0.1) is 11.3 Å². The summed E-state index contributed by atoms with van der Waals surface area (Å²) in [5.74, 6) is 0.191. The van der Waals surface area contributed by atoms with Gasteiger partial charge in [0.2, 0.25) is 0 Å². The fourth-order valence-corrected chi connectivity index (χ4v) is 2.06. The maximum absolute atomic E-state index is 12.1. The minimum atomic E-state index is -0.698. The predicted octanol–water partition coefficient (Wildman–Crippen LogP) is 2.53. The summed E-state index contributed by atoms with van der Waals surface area (Å²) in [5, 5.41) is 0. The first-order chi connectivity index (χ1) is 8.37. The lowest BCUT2D eigenvalue weighted by molar-refractivity contribution is -0.158. The van der Waals surface area contributed by atoms with Crippen LogP contribution >= 0.6 is 0 Å². The second-order valence-electron chi connectivity index (χ2n) is 5.41.